The van der Waals surface area contributed by atoms with E-state index in [0.717, 1.165) is 27.0 Å². The predicted octanol–water partition coefficient (Wildman–Crippen LogP) is 5.76. The van der Waals surface area contributed by atoms with Crippen molar-refractivity contribution in [1.82, 2.24) is 10.3 Å². The van der Waals surface area contributed by atoms with E-state index in [1.807, 2.05) is 35.7 Å². The third kappa shape index (κ3) is 6.11. The van der Waals surface area contributed by atoms with Crippen molar-refractivity contribution in [2.24, 2.45) is 0 Å². The molecule has 2 aromatic carbocycles. The third-order valence-corrected chi connectivity index (χ3v) is 5.54. The van der Waals surface area contributed by atoms with Gasteiger partial charge >= 0.3 is 0 Å². The largest absolute Gasteiger partial charge is 0.496 e. The van der Waals surface area contributed by atoms with E-state index in [2.05, 4.69) is 31.5 Å². The Morgan fingerprint density at radius 1 is 1.28 bits per heavy atom. The summed E-state index contributed by atoms with van der Waals surface area (Å²) in [5.74, 6) is 0.409. The first-order chi connectivity index (χ1) is 13.9. The molecule has 3 rings (SSSR count). The van der Waals surface area contributed by atoms with E-state index in [9.17, 15) is 4.79 Å². The van der Waals surface area contributed by atoms with Crippen molar-refractivity contribution < 1.29 is 9.53 Å². The zero-order valence-corrected chi connectivity index (χ0v) is 19.1. The van der Waals surface area contributed by atoms with Gasteiger partial charge in [-0.15, -0.1) is 11.3 Å². The molecule has 0 radical (unpaired) electrons. The first-order valence-corrected chi connectivity index (χ1v) is 10.8. The van der Waals surface area contributed by atoms with Crippen LogP contribution in [0.15, 0.2) is 58.4 Å². The number of thiocarbonyl (C=S) groups is 1. The van der Waals surface area contributed by atoms with Crippen LogP contribution in [0.2, 0.25) is 5.02 Å². The van der Waals surface area contributed by atoms with E-state index in [1.165, 1.54) is 17.4 Å². The zero-order chi connectivity index (χ0) is 20.8. The number of benzene rings is 2. The van der Waals surface area contributed by atoms with E-state index in [-0.39, 0.29) is 11.0 Å². The molecule has 3 aromatic rings. The number of halogens is 2. The Kier molecular flexibility index (Phi) is 7.38. The maximum Gasteiger partial charge on any atom is 0.250 e. The molecule has 148 valence electrons. The van der Waals surface area contributed by atoms with Crippen molar-refractivity contribution in [2.75, 3.05) is 12.4 Å². The molecule has 0 aliphatic rings. The fourth-order valence-corrected chi connectivity index (χ4v) is 3.97. The summed E-state index contributed by atoms with van der Waals surface area (Å²) >= 11 is 15.9. The summed E-state index contributed by atoms with van der Waals surface area (Å²) in [6, 6.07) is 12.9. The molecule has 0 aliphatic heterocycles. The lowest BCUT2D eigenvalue weighted by atomic mass is 10.2. The Hall–Kier alpha value is -2.26. The van der Waals surface area contributed by atoms with E-state index in [1.54, 1.807) is 25.3 Å². The average molecular weight is 509 g/mol. The molecule has 9 heteroatoms. The molecule has 0 saturated heterocycles. The highest BCUT2D eigenvalue weighted by Gasteiger charge is 2.09. The smallest absolute Gasteiger partial charge is 0.250 e. The van der Waals surface area contributed by atoms with Crippen molar-refractivity contribution in [3.05, 3.63) is 69.0 Å². The van der Waals surface area contributed by atoms with Crippen LogP contribution in [0.4, 0.5) is 5.13 Å². The number of hydrogen-bond donors (Lipinski definition) is 2. The third-order valence-electron chi connectivity index (χ3n) is 3.71. The Morgan fingerprint density at radius 2 is 2.03 bits per heavy atom. The Balaban J connectivity index is 1.57. The number of thiazole rings is 1. The van der Waals surface area contributed by atoms with E-state index < -0.39 is 0 Å². The number of amides is 1. The second-order valence-electron chi connectivity index (χ2n) is 5.72. The van der Waals surface area contributed by atoms with Gasteiger partial charge in [0, 0.05) is 22.0 Å². The number of carbonyl (C=O) groups is 1. The van der Waals surface area contributed by atoms with Gasteiger partial charge in [0.25, 0.3) is 0 Å². The number of aromatic nitrogens is 1. The lowest BCUT2D eigenvalue weighted by Crippen LogP contribution is -2.32. The quantitative estimate of drug-likeness (QED) is 0.339. The van der Waals surface area contributed by atoms with Crippen LogP contribution in [0.1, 0.15) is 5.56 Å². The van der Waals surface area contributed by atoms with Gasteiger partial charge in [0.15, 0.2) is 10.2 Å². The van der Waals surface area contributed by atoms with Gasteiger partial charge in [0.2, 0.25) is 5.91 Å². The highest BCUT2D eigenvalue weighted by molar-refractivity contribution is 9.10. The van der Waals surface area contributed by atoms with Crippen LogP contribution in [0, 0.1) is 0 Å². The number of nitrogens with one attached hydrogen (secondary N) is 2. The Morgan fingerprint density at radius 3 is 2.72 bits per heavy atom. The lowest BCUT2D eigenvalue weighted by Gasteiger charge is -2.05. The molecule has 0 aliphatic carbocycles. The first-order valence-electron chi connectivity index (χ1n) is 8.29. The Labute approximate surface area is 190 Å². The topological polar surface area (TPSA) is 63.2 Å². The van der Waals surface area contributed by atoms with Crippen LogP contribution < -0.4 is 15.4 Å². The fraction of sp³-hybridized carbons (Fsp3) is 0.0500. The summed E-state index contributed by atoms with van der Waals surface area (Å²) < 4.78 is 6.08. The van der Waals surface area contributed by atoms with Crippen LogP contribution >= 0.6 is 51.1 Å². The summed E-state index contributed by atoms with van der Waals surface area (Å²) in [5.41, 5.74) is 2.58. The normalized spacial score (nSPS) is 10.7. The second-order valence-corrected chi connectivity index (χ2v) is 8.27. The second kappa shape index (κ2) is 9.98. The van der Waals surface area contributed by atoms with Gasteiger partial charge in [-0.2, -0.15) is 0 Å². The molecule has 0 atom stereocenters. The van der Waals surface area contributed by atoms with E-state index >= 15 is 0 Å². The molecule has 1 aromatic heterocycles. The van der Waals surface area contributed by atoms with Gasteiger partial charge in [0.05, 0.1) is 17.3 Å². The van der Waals surface area contributed by atoms with Crippen molar-refractivity contribution in [3.63, 3.8) is 0 Å². The number of nitrogens with zero attached hydrogens (tertiary/aromatic N) is 1. The number of carbonyl (C=O) groups excluding carboxylic acids is 1. The van der Waals surface area contributed by atoms with Gasteiger partial charge < -0.3 is 10.1 Å². The molecular formula is C20H15BrClN3O2S2. The first kappa shape index (κ1) is 21.4. The molecular weight excluding hydrogens is 494 g/mol. The molecule has 29 heavy (non-hydrogen) atoms. The lowest BCUT2D eigenvalue weighted by molar-refractivity contribution is -0.115. The van der Waals surface area contributed by atoms with Crippen LogP contribution in [0.5, 0.6) is 5.75 Å². The number of rotatable bonds is 5. The summed E-state index contributed by atoms with van der Waals surface area (Å²) in [7, 11) is 1.62. The van der Waals surface area contributed by atoms with Crippen molar-refractivity contribution in [3.8, 4) is 17.0 Å². The van der Waals surface area contributed by atoms with Gasteiger partial charge in [-0.1, -0.05) is 23.7 Å². The number of methoxy groups -OCH3 is 1. The van der Waals surface area contributed by atoms with Crippen molar-refractivity contribution in [1.29, 1.82) is 0 Å². The van der Waals surface area contributed by atoms with Gasteiger partial charge in [-0.25, -0.2) is 4.98 Å². The summed E-state index contributed by atoms with van der Waals surface area (Å²) in [5, 5.41) is 8.82. The molecule has 0 unspecified atom stereocenters. The fourth-order valence-electron chi connectivity index (χ4n) is 2.32. The SMILES string of the molecule is COc1ccc(-c2csc(NC(=S)NC(=O)/C=C/c3ccc(Cl)cc3)n2)cc1Br. The van der Waals surface area contributed by atoms with E-state index in [4.69, 9.17) is 28.6 Å². The van der Waals surface area contributed by atoms with Crippen molar-refractivity contribution in [2.45, 2.75) is 0 Å². The van der Waals surface area contributed by atoms with E-state index in [0.29, 0.717) is 10.2 Å². The average Bonchev–Trinajstić information content (AvgIpc) is 3.15. The highest BCUT2D eigenvalue weighted by atomic mass is 79.9. The summed E-state index contributed by atoms with van der Waals surface area (Å²) in [6.07, 6.45) is 3.08. The summed E-state index contributed by atoms with van der Waals surface area (Å²) in [6.45, 7) is 0. The molecule has 2 N–H and O–H groups in total. The van der Waals surface area contributed by atoms with Gasteiger partial charge in [0.1, 0.15) is 5.75 Å². The Bertz CT molecular complexity index is 1070. The maximum absolute atomic E-state index is 12.0. The maximum atomic E-state index is 12.0. The monoisotopic (exact) mass is 507 g/mol. The molecule has 0 spiro atoms. The predicted molar refractivity (Wildman–Crippen MR) is 127 cm³/mol. The molecule has 0 saturated carbocycles. The minimum Gasteiger partial charge on any atom is -0.496 e. The summed E-state index contributed by atoms with van der Waals surface area (Å²) in [4.78, 5) is 16.5. The molecule has 0 fully saturated rings. The van der Waals surface area contributed by atoms with Crippen LogP contribution in [-0.4, -0.2) is 23.1 Å². The van der Waals surface area contributed by atoms with Crippen LogP contribution in [0.25, 0.3) is 17.3 Å². The standard InChI is InChI=1S/C20H15BrClN3O2S2/c1-27-17-8-5-13(10-15(17)21)16-11-29-20(23-16)25-19(28)24-18(26)9-4-12-2-6-14(22)7-3-12/h2-11H,1H3,(H2,23,24,25,26,28)/b9-4+. The van der Waals surface area contributed by atoms with Gasteiger partial charge in [-0.05, 0) is 70.1 Å². The number of ether oxygens (including phenoxy) is 1. The number of hydrogen-bond acceptors (Lipinski definition) is 5. The molecule has 1 heterocycles. The molecule has 5 nitrogen and oxygen atoms in total. The molecule has 1 amide bonds. The zero-order valence-electron chi connectivity index (χ0n) is 15.1. The minimum atomic E-state index is -0.340. The minimum absolute atomic E-state index is 0.174. The van der Waals surface area contributed by atoms with Gasteiger partial charge in [-0.3, -0.25) is 10.1 Å². The highest BCUT2D eigenvalue weighted by Crippen LogP contribution is 2.32. The number of anilines is 1. The van der Waals surface area contributed by atoms with Crippen LogP contribution in [0.3, 0.4) is 0 Å². The molecule has 0 bridgehead atoms. The van der Waals surface area contributed by atoms with Crippen LogP contribution in [-0.2, 0) is 4.79 Å². The van der Waals surface area contributed by atoms with Crippen molar-refractivity contribution >= 4 is 73.3 Å².